The summed E-state index contributed by atoms with van der Waals surface area (Å²) in [7, 11) is 0. The maximum atomic E-state index is 12.3. The Kier molecular flexibility index (Phi) is 6.32. The number of hydrogen-bond donors (Lipinski definition) is 3. The molecule has 1 amide bonds. The van der Waals surface area contributed by atoms with Gasteiger partial charge >= 0.3 is 0 Å². The second-order valence-electron chi connectivity index (χ2n) is 10.7. The van der Waals surface area contributed by atoms with Crippen LogP contribution in [0.3, 0.4) is 0 Å². The average Bonchev–Trinajstić information content (AvgIpc) is 2.96. The van der Waals surface area contributed by atoms with Gasteiger partial charge in [0.25, 0.3) is 0 Å². The lowest BCUT2D eigenvalue weighted by Gasteiger charge is -2.56. The van der Waals surface area contributed by atoms with Crippen LogP contribution in [-0.4, -0.2) is 35.4 Å². The van der Waals surface area contributed by atoms with Crippen LogP contribution in [-0.2, 0) is 4.79 Å². The van der Waals surface area contributed by atoms with E-state index >= 15 is 0 Å². The maximum Gasteiger partial charge on any atom is 0.222 e. The van der Waals surface area contributed by atoms with Crippen LogP contribution in [0.1, 0.15) is 72.6 Å². The van der Waals surface area contributed by atoms with Crippen molar-refractivity contribution < 1.29 is 15.0 Å². The number of nitrogens with one attached hydrogen (secondary N) is 1. The fourth-order valence-corrected chi connectivity index (χ4v) is 6.89. The smallest absolute Gasteiger partial charge is 0.222 e. The van der Waals surface area contributed by atoms with Crippen molar-refractivity contribution in [2.75, 3.05) is 13.2 Å². The molecule has 0 heterocycles. The first-order valence-electron chi connectivity index (χ1n) is 11.4. The molecule has 3 rings (SSSR count). The summed E-state index contributed by atoms with van der Waals surface area (Å²) >= 11 is 0. The largest absolute Gasteiger partial charge is 0.396 e. The topological polar surface area (TPSA) is 69.6 Å². The van der Waals surface area contributed by atoms with Crippen LogP contribution in [0, 0.1) is 40.4 Å². The Bertz CT molecular complexity index is 603. The van der Waals surface area contributed by atoms with Crippen molar-refractivity contribution in [3.05, 3.63) is 12.2 Å². The summed E-state index contributed by atoms with van der Waals surface area (Å²) in [5.41, 5.74) is 1.59. The highest BCUT2D eigenvalue weighted by Gasteiger charge is 2.56. The molecule has 0 bridgehead atoms. The number of aliphatic hydroxyl groups is 2. The van der Waals surface area contributed by atoms with E-state index in [0.717, 1.165) is 45.1 Å². The van der Waals surface area contributed by atoms with E-state index in [4.69, 9.17) is 0 Å². The molecule has 4 nitrogen and oxygen atoms in total. The summed E-state index contributed by atoms with van der Waals surface area (Å²) in [5.74, 6) is 1.69. The van der Waals surface area contributed by atoms with E-state index in [1.807, 2.05) is 13.8 Å². The second kappa shape index (κ2) is 8.10. The van der Waals surface area contributed by atoms with E-state index < -0.39 is 0 Å². The molecular formula is C24H41NO3. The second-order valence-corrected chi connectivity index (χ2v) is 10.7. The van der Waals surface area contributed by atoms with Crippen molar-refractivity contribution in [1.29, 1.82) is 0 Å². The van der Waals surface area contributed by atoms with E-state index in [9.17, 15) is 15.0 Å². The molecule has 7 atom stereocenters. The van der Waals surface area contributed by atoms with Gasteiger partial charge in [-0.15, -0.1) is 0 Å². The van der Waals surface area contributed by atoms with Gasteiger partial charge in [-0.25, -0.2) is 0 Å². The highest BCUT2D eigenvalue weighted by atomic mass is 16.3. The molecule has 3 aliphatic rings. The molecule has 0 unspecified atom stereocenters. The third kappa shape index (κ3) is 3.67. The lowest BCUT2D eigenvalue weighted by atomic mass is 9.49. The van der Waals surface area contributed by atoms with Gasteiger partial charge in [-0.3, -0.25) is 4.79 Å². The molecule has 0 radical (unpaired) electrons. The van der Waals surface area contributed by atoms with Gasteiger partial charge in [-0.05, 0) is 79.4 Å². The molecule has 0 aromatic carbocycles. The van der Waals surface area contributed by atoms with Crippen LogP contribution in [0.15, 0.2) is 12.2 Å². The Hall–Kier alpha value is -0.870. The zero-order valence-corrected chi connectivity index (χ0v) is 18.3. The molecule has 0 aromatic rings. The van der Waals surface area contributed by atoms with Gasteiger partial charge < -0.3 is 15.5 Å². The highest BCUT2D eigenvalue weighted by molar-refractivity contribution is 5.77. The Balaban J connectivity index is 1.89. The van der Waals surface area contributed by atoms with Gasteiger partial charge in [0.1, 0.15) is 0 Å². The summed E-state index contributed by atoms with van der Waals surface area (Å²) in [4.78, 5) is 12.3. The minimum Gasteiger partial charge on any atom is -0.396 e. The van der Waals surface area contributed by atoms with Gasteiger partial charge in [0.05, 0.1) is 6.10 Å². The van der Waals surface area contributed by atoms with Gasteiger partial charge in [0.15, 0.2) is 0 Å². The number of hydrogen-bond acceptors (Lipinski definition) is 3. The van der Waals surface area contributed by atoms with Crippen molar-refractivity contribution in [3.8, 4) is 0 Å². The Morgan fingerprint density at radius 2 is 1.93 bits per heavy atom. The van der Waals surface area contributed by atoms with Crippen LogP contribution >= 0.6 is 0 Å². The molecule has 0 aromatic heterocycles. The van der Waals surface area contributed by atoms with E-state index in [0.29, 0.717) is 24.2 Å². The Morgan fingerprint density at radius 3 is 2.57 bits per heavy atom. The minimum atomic E-state index is -0.288. The number of amides is 1. The molecule has 28 heavy (non-hydrogen) atoms. The third-order valence-electron chi connectivity index (χ3n) is 9.00. The summed E-state index contributed by atoms with van der Waals surface area (Å²) in [6, 6.07) is 0. The average molecular weight is 392 g/mol. The minimum absolute atomic E-state index is 0.00225. The molecule has 3 N–H and O–H groups in total. The predicted octanol–water partition coefficient (Wildman–Crippen LogP) is 3.92. The van der Waals surface area contributed by atoms with E-state index in [1.165, 1.54) is 5.57 Å². The number of carbonyl (C=O) groups is 1. The molecule has 0 spiro atoms. The van der Waals surface area contributed by atoms with Gasteiger partial charge in [-0.1, -0.05) is 39.8 Å². The van der Waals surface area contributed by atoms with Crippen molar-refractivity contribution in [3.63, 3.8) is 0 Å². The van der Waals surface area contributed by atoms with Crippen LogP contribution < -0.4 is 5.32 Å². The predicted molar refractivity (Wildman–Crippen MR) is 113 cm³/mol. The highest BCUT2D eigenvalue weighted by Crippen LogP contribution is 2.63. The van der Waals surface area contributed by atoms with E-state index in [1.54, 1.807) is 0 Å². The van der Waals surface area contributed by atoms with Gasteiger partial charge in [0, 0.05) is 19.1 Å². The van der Waals surface area contributed by atoms with Gasteiger partial charge in [0.2, 0.25) is 5.91 Å². The van der Waals surface area contributed by atoms with Crippen LogP contribution in [0.25, 0.3) is 0 Å². The number of carbonyl (C=O) groups excluding carboxylic acids is 1. The van der Waals surface area contributed by atoms with Crippen molar-refractivity contribution in [1.82, 2.24) is 5.32 Å². The normalized spacial score (nSPS) is 43.8. The standard InChI is InChI=1S/C24H41NO3/c1-15(2)22(28)25-13-19-20-7-6-16(3)23(20,4)11-9-21(19)24(5)10-8-18(27)12-17(24)14-26/h15,17-21,26-27H,3,6-14H2,1-2,4-5H3,(H,25,28)/t17-,18+,19+,20+,21+,23-,24+/m1/s1. The molecule has 3 aliphatic carbocycles. The number of aliphatic hydroxyl groups excluding tert-OH is 2. The molecule has 0 aliphatic heterocycles. The summed E-state index contributed by atoms with van der Waals surface area (Å²) < 4.78 is 0. The first-order valence-corrected chi connectivity index (χ1v) is 11.4. The van der Waals surface area contributed by atoms with Crippen molar-refractivity contribution in [2.24, 2.45) is 40.4 Å². The summed E-state index contributed by atoms with van der Waals surface area (Å²) in [6.07, 6.45) is 6.74. The first-order chi connectivity index (χ1) is 13.1. The lowest BCUT2D eigenvalue weighted by molar-refractivity contribution is -0.126. The Labute approximate surface area is 171 Å². The number of fused-ring (bicyclic) bond motifs is 1. The molecule has 160 valence electrons. The fourth-order valence-electron chi connectivity index (χ4n) is 6.89. The first kappa shape index (κ1) is 21.8. The molecule has 4 heteroatoms. The van der Waals surface area contributed by atoms with Crippen LogP contribution in [0.5, 0.6) is 0 Å². The number of allylic oxidation sites excluding steroid dienone is 1. The van der Waals surface area contributed by atoms with Gasteiger partial charge in [-0.2, -0.15) is 0 Å². The van der Waals surface area contributed by atoms with Crippen molar-refractivity contribution >= 4 is 5.91 Å². The lowest BCUT2D eigenvalue weighted by Crippen LogP contribution is -2.53. The molecule has 0 saturated heterocycles. The van der Waals surface area contributed by atoms with Crippen LogP contribution in [0.2, 0.25) is 0 Å². The third-order valence-corrected chi connectivity index (χ3v) is 9.00. The van der Waals surface area contributed by atoms with E-state index in [2.05, 4.69) is 25.7 Å². The summed E-state index contributed by atoms with van der Waals surface area (Å²) in [5, 5.41) is 23.6. The monoisotopic (exact) mass is 391 g/mol. The number of rotatable bonds is 5. The molecular weight excluding hydrogens is 350 g/mol. The molecule has 3 fully saturated rings. The van der Waals surface area contributed by atoms with Crippen molar-refractivity contribution in [2.45, 2.75) is 78.7 Å². The van der Waals surface area contributed by atoms with Crippen LogP contribution in [0.4, 0.5) is 0 Å². The fraction of sp³-hybridized carbons (Fsp3) is 0.875. The SMILES string of the molecule is C=C1CC[C@H]2[C@H](CNC(=O)C(C)C)[C@@H]([C@@]3(C)CC[C@H](O)C[C@@H]3CO)CC[C@]12C. The maximum absolute atomic E-state index is 12.3. The zero-order chi connectivity index (χ0) is 20.7. The Morgan fingerprint density at radius 1 is 1.21 bits per heavy atom. The quantitative estimate of drug-likeness (QED) is 0.622. The molecule has 3 saturated carbocycles. The zero-order valence-electron chi connectivity index (χ0n) is 18.3. The van der Waals surface area contributed by atoms with E-state index in [-0.39, 0.29) is 41.3 Å². The summed E-state index contributed by atoms with van der Waals surface area (Å²) in [6.45, 7) is 13.9.